The lowest BCUT2D eigenvalue weighted by molar-refractivity contribution is 0.197. The number of hydrogen-bond donors (Lipinski definition) is 0. The quantitative estimate of drug-likeness (QED) is 0.808. The molecule has 4 rings (SSSR count). The maximum absolute atomic E-state index is 6.23. The Morgan fingerprint density at radius 3 is 3.05 bits per heavy atom. The summed E-state index contributed by atoms with van der Waals surface area (Å²) in [7, 11) is 0. The minimum atomic E-state index is 0.520. The van der Waals surface area contributed by atoms with Crippen LogP contribution >= 0.6 is 11.6 Å². The fraction of sp³-hybridized carbons (Fsp3) is 0.389. The van der Waals surface area contributed by atoms with Crippen molar-refractivity contribution in [3.8, 4) is 0 Å². The summed E-state index contributed by atoms with van der Waals surface area (Å²) in [6, 6.07) is 11.2. The smallest absolute Gasteiger partial charge is 0.0409 e. The molecule has 1 aliphatic carbocycles. The summed E-state index contributed by atoms with van der Waals surface area (Å²) in [5.74, 6) is 0.723. The minimum absolute atomic E-state index is 0.520. The highest BCUT2D eigenvalue weighted by atomic mass is 35.5. The van der Waals surface area contributed by atoms with E-state index in [1.165, 1.54) is 42.5 Å². The standard InChI is InChI=1S/C18H19ClN2/c19-15-5-6-16-14-4-2-8-21(18(9-14)17(16)10-15)12-13-3-1-7-20-11-13/h1,3,5-7,10-11,14,18H,2,4,8-9,12H2/t14-,18?/m0/s1. The fourth-order valence-corrected chi connectivity index (χ4v) is 4.14. The summed E-state index contributed by atoms with van der Waals surface area (Å²) >= 11 is 6.23. The van der Waals surface area contributed by atoms with Crippen LogP contribution in [0.25, 0.3) is 0 Å². The number of fused-ring (bicyclic) bond motifs is 5. The number of halogens is 1. The third kappa shape index (κ3) is 2.47. The molecule has 2 atom stereocenters. The third-order valence-corrected chi connectivity index (χ3v) is 5.14. The average Bonchev–Trinajstić information content (AvgIpc) is 2.71. The molecule has 1 saturated heterocycles. The van der Waals surface area contributed by atoms with Gasteiger partial charge in [0.2, 0.25) is 0 Å². The van der Waals surface area contributed by atoms with Crippen LogP contribution in [0.2, 0.25) is 5.02 Å². The number of pyridine rings is 1. The number of aromatic nitrogens is 1. The Morgan fingerprint density at radius 1 is 1.24 bits per heavy atom. The van der Waals surface area contributed by atoms with Crippen LogP contribution in [-0.4, -0.2) is 16.4 Å². The van der Waals surface area contributed by atoms with Crippen LogP contribution in [0.5, 0.6) is 0 Å². The van der Waals surface area contributed by atoms with Crippen molar-refractivity contribution in [3.05, 3.63) is 64.4 Å². The topological polar surface area (TPSA) is 16.1 Å². The molecule has 108 valence electrons. The molecular formula is C18H19ClN2. The number of nitrogens with zero attached hydrogens (tertiary/aromatic N) is 2. The second kappa shape index (κ2) is 5.43. The van der Waals surface area contributed by atoms with Crippen molar-refractivity contribution >= 4 is 11.6 Å². The molecule has 2 aromatic rings. The molecular weight excluding hydrogens is 280 g/mol. The second-order valence-corrected chi connectivity index (χ2v) is 6.63. The van der Waals surface area contributed by atoms with Crippen molar-refractivity contribution < 1.29 is 0 Å². The molecule has 2 heterocycles. The van der Waals surface area contributed by atoms with Crippen LogP contribution in [0.4, 0.5) is 0 Å². The van der Waals surface area contributed by atoms with Gasteiger partial charge in [-0.25, -0.2) is 0 Å². The second-order valence-electron chi connectivity index (χ2n) is 6.20. The summed E-state index contributed by atoms with van der Waals surface area (Å²) < 4.78 is 0. The van der Waals surface area contributed by atoms with Crippen molar-refractivity contribution in [2.75, 3.05) is 6.54 Å². The molecule has 0 radical (unpaired) electrons. The van der Waals surface area contributed by atoms with E-state index < -0.39 is 0 Å². The normalized spacial score (nSPS) is 24.6. The van der Waals surface area contributed by atoms with Crippen LogP contribution in [-0.2, 0) is 6.54 Å². The van der Waals surface area contributed by atoms with Gasteiger partial charge >= 0.3 is 0 Å². The zero-order valence-electron chi connectivity index (χ0n) is 12.0. The summed E-state index contributed by atoms with van der Waals surface area (Å²) in [4.78, 5) is 6.86. The van der Waals surface area contributed by atoms with Crippen LogP contribution in [0.1, 0.15) is 47.9 Å². The first-order valence-corrected chi connectivity index (χ1v) is 8.11. The van der Waals surface area contributed by atoms with Gasteiger partial charge in [-0.1, -0.05) is 23.7 Å². The van der Waals surface area contributed by atoms with Crippen molar-refractivity contribution in [1.82, 2.24) is 9.88 Å². The van der Waals surface area contributed by atoms with Gasteiger partial charge in [0.25, 0.3) is 0 Å². The molecule has 0 saturated carbocycles. The van der Waals surface area contributed by atoms with Crippen LogP contribution < -0.4 is 0 Å². The minimum Gasteiger partial charge on any atom is -0.292 e. The summed E-state index contributed by atoms with van der Waals surface area (Å²) in [6.07, 6.45) is 7.65. The van der Waals surface area contributed by atoms with E-state index in [1.54, 1.807) is 0 Å². The van der Waals surface area contributed by atoms with Gasteiger partial charge in [-0.3, -0.25) is 9.88 Å². The molecule has 2 bridgehead atoms. The SMILES string of the molecule is Clc1ccc2c(c1)C1C[C@@H]2CCCN1Cc1cccnc1. The Bertz CT molecular complexity index is 641. The van der Waals surface area contributed by atoms with E-state index in [1.807, 2.05) is 24.5 Å². The maximum atomic E-state index is 6.23. The Kier molecular flexibility index (Phi) is 3.44. The van der Waals surface area contributed by atoms with E-state index in [2.05, 4.69) is 28.1 Å². The highest BCUT2D eigenvalue weighted by Gasteiger charge is 2.36. The average molecular weight is 299 g/mol. The number of hydrogen-bond acceptors (Lipinski definition) is 2. The van der Waals surface area contributed by atoms with Crippen LogP contribution in [0.3, 0.4) is 0 Å². The van der Waals surface area contributed by atoms with Gasteiger partial charge in [0.05, 0.1) is 0 Å². The summed E-state index contributed by atoms with van der Waals surface area (Å²) in [5, 5.41) is 0.862. The molecule has 0 spiro atoms. The van der Waals surface area contributed by atoms with Gasteiger partial charge in [0.1, 0.15) is 0 Å². The molecule has 1 aromatic carbocycles. The van der Waals surface area contributed by atoms with E-state index in [9.17, 15) is 0 Å². The van der Waals surface area contributed by atoms with Gasteiger partial charge in [0, 0.05) is 30.0 Å². The first kappa shape index (κ1) is 13.3. The van der Waals surface area contributed by atoms with Gasteiger partial charge < -0.3 is 0 Å². The van der Waals surface area contributed by atoms with Gasteiger partial charge in [-0.2, -0.15) is 0 Å². The number of likely N-dealkylation sites (tertiary alicyclic amines) is 1. The largest absolute Gasteiger partial charge is 0.292 e. The van der Waals surface area contributed by atoms with Gasteiger partial charge in [-0.15, -0.1) is 0 Å². The Hall–Kier alpha value is -1.38. The summed E-state index contributed by atoms with van der Waals surface area (Å²) in [6.45, 7) is 2.15. The monoisotopic (exact) mass is 298 g/mol. The molecule has 1 aromatic heterocycles. The van der Waals surface area contributed by atoms with Gasteiger partial charge in [-0.05, 0) is 66.6 Å². The lowest BCUT2D eigenvalue weighted by Gasteiger charge is -2.29. The molecule has 0 N–H and O–H groups in total. The Morgan fingerprint density at radius 2 is 2.19 bits per heavy atom. The predicted octanol–water partition coefficient (Wildman–Crippen LogP) is 4.56. The summed E-state index contributed by atoms with van der Waals surface area (Å²) in [5.41, 5.74) is 4.28. The zero-order chi connectivity index (χ0) is 14.2. The molecule has 1 unspecified atom stereocenters. The van der Waals surface area contributed by atoms with E-state index in [4.69, 9.17) is 11.6 Å². The molecule has 2 aliphatic rings. The van der Waals surface area contributed by atoms with Crippen molar-refractivity contribution in [2.24, 2.45) is 0 Å². The van der Waals surface area contributed by atoms with E-state index in [0.29, 0.717) is 6.04 Å². The van der Waals surface area contributed by atoms with Crippen LogP contribution in [0, 0.1) is 0 Å². The highest BCUT2D eigenvalue weighted by Crippen LogP contribution is 2.48. The van der Waals surface area contributed by atoms with Crippen LogP contribution in [0.15, 0.2) is 42.7 Å². The molecule has 3 heteroatoms. The van der Waals surface area contributed by atoms with Crippen molar-refractivity contribution in [1.29, 1.82) is 0 Å². The lowest BCUT2D eigenvalue weighted by atomic mass is 9.96. The first-order valence-electron chi connectivity index (χ1n) is 7.73. The molecule has 1 aliphatic heterocycles. The Balaban J connectivity index is 1.67. The van der Waals surface area contributed by atoms with E-state index in [0.717, 1.165) is 17.5 Å². The van der Waals surface area contributed by atoms with E-state index in [-0.39, 0.29) is 0 Å². The predicted molar refractivity (Wildman–Crippen MR) is 85.4 cm³/mol. The van der Waals surface area contributed by atoms with Gasteiger partial charge in [0.15, 0.2) is 0 Å². The molecule has 1 fully saturated rings. The van der Waals surface area contributed by atoms with E-state index >= 15 is 0 Å². The molecule has 21 heavy (non-hydrogen) atoms. The Labute approximate surface area is 130 Å². The molecule has 0 amide bonds. The maximum Gasteiger partial charge on any atom is 0.0409 e. The first-order chi connectivity index (χ1) is 10.3. The number of rotatable bonds is 2. The zero-order valence-corrected chi connectivity index (χ0v) is 12.8. The molecule has 2 nitrogen and oxygen atoms in total. The lowest BCUT2D eigenvalue weighted by Crippen LogP contribution is -2.27. The number of benzene rings is 1. The van der Waals surface area contributed by atoms with Crippen molar-refractivity contribution in [3.63, 3.8) is 0 Å². The van der Waals surface area contributed by atoms with Crippen molar-refractivity contribution in [2.45, 2.75) is 37.8 Å². The third-order valence-electron chi connectivity index (χ3n) is 4.90. The highest BCUT2D eigenvalue weighted by molar-refractivity contribution is 6.30. The fourth-order valence-electron chi connectivity index (χ4n) is 3.96.